The molecule has 4 aromatic rings. The van der Waals surface area contributed by atoms with Crippen molar-refractivity contribution in [2.45, 2.75) is 19.9 Å². The zero-order valence-electron chi connectivity index (χ0n) is 14.8. The molecular formula is C21H17ClN4O. The minimum Gasteiger partial charge on any atom is -0.300 e. The molecule has 0 amide bonds. The molecule has 0 saturated heterocycles. The predicted molar refractivity (Wildman–Crippen MR) is 107 cm³/mol. The number of nitrogens with zero attached hydrogens (tertiary/aromatic N) is 4. The van der Waals surface area contributed by atoms with Crippen LogP contribution in [0.5, 0.6) is 0 Å². The number of Topliss-reactive ketones (excluding diaryl/α,β-unsaturated/α-hetero) is 1. The summed E-state index contributed by atoms with van der Waals surface area (Å²) in [4.78, 5) is 11.4. The topological polar surface area (TPSA) is 60.7 Å². The van der Waals surface area contributed by atoms with Crippen molar-refractivity contribution in [1.29, 1.82) is 0 Å². The molecule has 27 heavy (non-hydrogen) atoms. The van der Waals surface area contributed by atoms with Gasteiger partial charge in [-0.3, -0.25) is 4.79 Å². The Morgan fingerprint density at radius 2 is 1.52 bits per heavy atom. The van der Waals surface area contributed by atoms with Gasteiger partial charge in [0.05, 0.1) is 17.0 Å². The number of aryl methyl sites for hydroxylation is 1. The fraction of sp³-hybridized carbons (Fsp3) is 0.143. The van der Waals surface area contributed by atoms with Gasteiger partial charge >= 0.3 is 0 Å². The number of hydrogen-bond donors (Lipinski definition) is 0. The molecule has 0 spiro atoms. The number of carbonyl (C=O) groups is 1. The highest BCUT2D eigenvalue weighted by Crippen LogP contribution is 2.37. The van der Waals surface area contributed by atoms with Crippen LogP contribution in [-0.4, -0.2) is 25.8 Å². The molecule has 0 saturated carbocycles. The van der Waals surface area contributed by atoms with Crippen molar-refractivity contribution in [1.82, 2.24) is 20.0 Å². The Balaban J connectivity index is 1.95. The minimum absolute atomic E-state index is 0.0971. The number of rotatable bonds is 5. The van der Waals surface area contributed by atoms with E-state index in [1.54, 1.807) is 11.6 Å². The number of carbonyl (C=O) groups excluding carboxylic acids is 1. The number of halogens is 1. The zero-order chi connectivity index (χ0) is 18.8. The van der Waals surface area contributed by atoms with Crippen molar-refractivity contribution >= 4 is 28.4 Å². The van der Waals surface area contributed by atoms with Gasteiger partial charge in [0.2, 0.25) is 0 Å². The third-order valence-electron chi connectivity index (χ3n) is 4.37. The van der Waals surface area contributed by atoms with Crippen LogP contribution in [0.15, 0.2) is 60.7 Å². The molecule has 0 fully saturated rings. The molecule has 0 unspecified atom stereocenters. The average Bonchev–Trinajstić information content (AvgIpc) is 3.08. The van der Waals surface area contributed by atoms with E-state index in [0.717, 1.165) is 22.2 Å². The van der Waals surface area contributed by atoms with E-state index >= 15 is 0 Å². The Labute approximate surface area is 161 Å². The summed E-state index contributed by atoms with van der Waals surface area (Å²) in [6.07, 6.45) is 0.380. The van der Waals surface area contributed by atoms with Gasteiger partial charge in [-0.2, -0.15) is 5.10 Å². The summed E-state index contributed by atoms with van der Waals surface area (Å²) in [5.41, 5.74) is 3.78. The average molecular weight is 377 g/mol. The minimum atomic E-state index is 0.0971. The van der Waals surface area contributed by atoms with E-state index < -0.39 is 0 Å². The first-order valence-corrected chi connectivity index (χ1v) is 9.06. The normalized spacial score (nSPS) is 11.0. The predicted octanol–water partition coefficient (Wildman–Crippen LogP) is 4.79. The summed E-state index contributed by atoms with van der Waals surface area (Å²) in [6, 6.07) is 19.5. The van der Waals surface area contributed by atoms with E-state index in [9.17, 15) is 4.79 Å². The van der Waals surface area contributed by atoms with E-state index in [2.05, 4.69) is 10.2 Å². The summed E-state index contributed by atoms with van der Waals surface area (Å²) < 4.78 is 1.72. The summed E-state index contributed by atoms with van der Waals surface area (Å²) in [6.45, 7) is 2.00. The SMILES string of the molecule is CC(=O)CCn1nc(-c2ccccc2)c2c(Cl)c(-c3ccccc3)nnc21. The summed E-state index contributed by atoms with van der Waals surface area (Å²) in [5.74, 6) is 0.0971. The lowest BCUT2D eigenvalue weighted by molar-refractivity contribution is -0.117. The molecular weight excluding hydrogens is 360 g/mol. The van der Waals surface area contributed by atoms with Crippen molar-refractivity contribution in [2.75, 3.05) is 0 Å². The quantitative estimate of drug-likeness (QED) is 0.502. The molecule has 0 atom stereocenters. The van der Waals surface area contributed by atoms with Crippen molar-refractivity contribution in [3.05, 3.63) is 65.7 Å². The van der Waals surface area contributed by atoms with E-state index in [-0.39, 0.29) is 5.78 Å². The van der Waals surface area contributed by atoms with Crippen LogP contribution in [0.1, 0.15) is 13.3 Å². The fourth-order valence-electron chi connectivity index (χ4n) is 3.01. The largest absolute Gasteiger partial charge is 0.300 e. The Morgan fingerprint density at radius 3 is 2.11 bits per heavy atom. The number of ketones is 1. The van der Waals surface area contributed by atoms with Crippen LogP contribution in [-0.2, 0) is 11.3 Å². The zero-order valence-corrected chi connectivity index (χ0v) is 15.5. The van der Waals surface area contributed by atoms with Gasteiger partial charge in [-0.25, -0.2) is 4.68 Å². The first kappa shape index (κ1) is 17.4. The van der Waals surface area contributed by atoms with Crippen LogP contribution in [0.3, 0.4) is 0 Å². The van der Waals surface area contributed by atoms with Crippen LogP contribution >= 0.6 is 11.6 Å². The van der Waals surface area contributed by atoms with Gasteiger partial charge in [0.1, 0.15) is 17.2 Å². The number of hydrogen-bond acceptors (Lipinski definition) is 4. The molecule has 0 N–H and O–H groups in total. The first-order valence-electron chi connectivity index (χ1n) is 8.68. The van der Waals surface area contributed by atoms with Crippen molar-refractivity contribution < 1.29 is 4.79 Å². The van der Waals surface area contributed by atoms with Crippen molar-refractivity contribution in [2.24, 2.45) is 0 Å². The smallest absolute Gasteiger partial charge is 0.182 e. The third kappa shape index (κ3) is 3.34. The number of aromatic nitrogens is 4. The lowest BCUT2D eigenvalue weighted by atomic mass is 10.1. The Morgan fingerprint density at radius 1 is 0.926 bits per heavy atom. The van der Waals surface area contributed by atoms with E-state index in [4.69, 9.17) is 16.7 Å². The van der Waals surface area contributed by atoms with Gasteiger partial charge in [-0.05, 0) is 6.92 Å². The van der Waals surface area contributed by atoms with Gasteiger partial charge in [-0.1, -0.05) is 72.3 Å². The third-order valence-corrected chi connectivity index (χ3v) is 4.74. The highest BCUT2D eigenvalue weighted by molar-refractivity contribution is 6.38. The van der Waals surface area contributed by atoms with Crippen molar-refractivity contribution in [3.63, 3.8) is 0 Å². The molecule has 0 bridgehead atoms. The monoisotopic (exact) mass is 376 g/mol. The number of fused-ring (bicyclic) bond motifs is 1. The van der Waals surface area contributed by atoms with E-state index in [1.165, 1.54) is 0 Å². The van der Waals surface area contributed by atoms with Crippen LogP contribution in [0.2, 0.25) is 5.02 Å². The highest BCUT2D eigenvalue weighted by atomic mass is 35.5. The lowest BCUT2D eigenvalue weighted by Crippen LogP contribution is -2.05. The van der Waals surface area contributed by atoms with Crippen molar-refractivity contribution in [3.8, 4) is 22.5 Å². The molecule has 0 aliphatic carbocycles. The van der Waals surface area contributed by atoms with E-state index in [1.807, 2.05) is 60.7 Å². The molecule has 2 heterocycles. The Kier molecular flexibility index (Phi) is 4.69. The second kappa shape index (κ2) is 7.29. The Bertz CT molecular complexity index is 1110. The first-order chi connectivity index (χ1) is 13.1. The molecule has 0 aliphatic heterocycles. The van der Waals surface area contributed by atoms with Crippen LogP contribution in [0.25, 0.3) is 33.5 Å². The van der Waals surface area contributed by atoms with Crippen LogP contribution in [0.4, 0.5) is 0 Å². The molecule has 4 rings (SSSR count). The number of benzene rings is 2. The summed E-state index contributed by atoms with van der Waals surface area (Å²) in [5, 5.41) is 14.7. The summed E-state index contributed by atoms with van der Waals surface area (Å²) in [7, 11) is 0. The molecule has 0 aliphatic rings. The van der Waals surface area contributed by atoms with Gasteiger partial charge in [0.25, 0.3) is 0 Å². The van der Waals surface area contributed by atoms with Gasteiger partial charge < -0.3 is 0 Å². The fourth-order valence-corrected chi connectivity index (χ4v) is 3.34. The molecule has 2 aromatic heterocycles. The molecule has 134 valence electrons. The second-order valence-corrected chi connectivity index (χ2v) is 6.69. The van der Waals surface area contributed by atoms with Crippen LogP contribution < -0.4 is 0 Å². The summed E-state index contributed by atoms with van der Waals surface area (Å²) >= 11 is 6.78. The highest BCUT2D eigenvalue weighted by Gasteiger charge is 2.20. The van der Waals surface area contributed by atoms with Crippen LogP contribution in [0, 0.1) is 0 Å². The standard InChI is InChI=1S/C21H17ClN4O/c1-14(27)12-13-26-21-17(19(25-26)15-8-4-2-5-9-15)18(22)20(23-24-21)16-10-6-3-7-11-16/h2-11H,12-13H2,1H3. The molecule has 2 aromatic carbocycles. The van der Waals surface area contributed by atoms with Gasteiger partial charge in [0, 0.05) is 17.5 Å². The second-order valence-electron chi connectivity index (χ2n) is 6.32. The lowest BCUT2D eigenvalue weighted by Gasteiger charge is -2.05. The Hall–Kier alpha value is -3.05. The molecule has 0 radical (unpaired) electrons. The molecule has 5 nitrogen and oxygen atoms in total. The molecule has 6 heteroatoms. The maximum Gasteiger partial charge on any atom is 0.182 e. The maximum atomic E-state index is 11.4. The van der Waals surface area contributed by atoms with Gasteiger partial charge in [-0.15, -0.1) is 10.2 Å². The maximum absolute atomic E-state index is 11.4. The van der Waals surface area contributed by atoms with Gasteiger partial charge in [0.15, 0.2) is 5.65 Å². The van der Waals surface area contributed by atoms with E-state index in [0.29, 0.717) is 29.3 Å².